The van der Waals surface area contributed by atoms with Gasteiger partial charge in [0.25, 0.3) is 0 Å². The Morgan fingerprint density at radius 1 is 1.00 bits per heavy atom. The summed E-state index contributed by atoms with van der Waals surface area (Å²) >= 11 is 0. The molecule has 2 aromatic rings. The highest BCUT2D eigenvalue weighted by molar-refractivity contribution is 5.82. The molecule has 3 heteroatoms. The van der Waals surface area contributed by atoms with Crippen LogP contribution in [0.15, 0.2) is 52.7 Å². The molecule has 0 bridgehead atoms. The highest BCUT2D eigenvalue weighted by atomic mass is 19.1. The van der Waals surface area contributed by atoms with Crippen molar-refractivity contribution in [1.29, 1.82) is 0 Å². The van der Waals surface area contributed by atoms with Crippen molar-refractivity contribution in [3.05, 3.63) is 70.5 Å². The molecule has 0 aliphatic heterocycles. The maximum absolute atomic E-state index is 13.5. The smallest absolute Gasteiger partial charge is 0.132 e. The molecule has 0 aliphatic carbocycles. The number of hydrogen-bond acceptors (Lipinski definition) is 2. The van der Waals surface area contributed by atoms with Gasteiger partial charge in [-0.15, -0.1) is 0 Å². The number of benzene rings is 2. The molecule has 2 rings (SSSR count). The lowest BCUT2D eigenvalue weighted by atomic mass is 10.1. The Bertz CT molecular complexity index is 628. The first-order valence-electron chi connectivity index (χ1n) is 6.60. The van der Waals surface area contributed by atoms with Crippen molar-refractivity contribution in [2.75, 3.05) is 0 Å². The lowest BCUT2D eigenvalue weighted by molar-refractivity contribution is 0.624. The summed E-state index contributed by atoms with van der Waals surface area (Å²) in [5.74, 6) is -0.281. The van der Waals surface area contributed by atoms with Crippen LogP contribution in [-0.2, 0) is 6.42 Å². The molecule has 102 valence electrons. The lowest BCUT2D eigenvalue weighted by Crippen LogP contribution is -1.88. The van der Waals surface area contributed by atoms with E-state index in [1.54, 1.807) is 12.3 Å². The fraction of sp³-hybridized carbons (Fsp3) is 0.176. The first-order chi connectivity index (χ1) is 9.69. The number of hydrogen-bond donors (Lipinski definition) is 0. The van der Waals surface area contributed by atoms with E-state index in [2.05, 4.69) is 29.3 Å². The van der Waals surface area contributed by atoms with Crippen molar-refractivity contribution < 1.29 is 4.39 Å². The Balaban J connectivity index is 2.03. The molecular weight excluding hydrogens is 251 g/mol. The van der Waals surface area contributed by atoms with Crippen LogP contribution in [0.4, 0.5) is 4.39 Å². The second-order valence-electron chi connectivity index (χ2n) is 4.61. The largest absolute Gasteiger partial charge is 0.206 e. The molecule has 0 atom stereocenters. The third kappa shape index (κ3) is 3.85. The number of aryl methyl sites for hydroxylation is 2. The molecule has 0 aliphatic rings. The quantitative estimate of drug-likeness (QED) is 0.588. The Kier molecular flexibility index (Phi) is 4.77. The van der Waals surface area contributed by atoms with Gasteiger partial charge in [-0.25, -0.2) is 4.39 Å². The van der Waals surface area contributed by atoms with Gasteiger partial charge in [0.15, 0.2) is 0 Å². The topological polar surface area (TPSA) is 24.7 Å². The zero-order chi connectivity index (χ0) is 14.4. The van der Waals surface area contributed by atoms with Crippen LogP contribution in [0.2, 0.25) is 0 Å². The van der Waals surface area contributed by atoms with Gasteiger partial charge in [0.05, 0.1) is 12.4 Å². The summed E-state index contributed by atoms with van der Waals surface area (Å²) < 4.78 is 13.5. The van der Waals surface area contributed by atoms with Gasteiger partial charge in [0.2, 0.25) is 0 Å². The SMILES string of the molecule is CCc1ccc(/C=N/N=C/c2ccc(C)cc2F)cc1. The molecule has 20 heavy (non-hydrogen) atoms. The van der Waals surface area contributed by atoms with Gasteiger partial charge < -0.3 is 0 Å². The summed E-state index contributed by atoms with van der Waals surface area (Å²) in [5, 5.41) is 7.81. The highest BCUT2D eigenvalue weighted by Gasteiger charge is 1.98. The summed E-state index contributed by atoms with van der Waals surface area (Å²) in [7, 11) is 0. The minimum absolute atomic E-state index is 0.281. The van der Waals surface area contributed by atoms with Crippen LogP contribution in [0.5, 0.6) is 0 Å². The molecule has 0 fully saturated rings. The number of rotatable bonds is 4. The minimum Gasteiger partial charge on any atom is -0.206 e. The van der Waals surface area contributed by atoms with Gasteiger partial charge in [-0.05, 0) is 36.1 Å². The predicted molar refractivity (Wildman–Crippen MR) is 82.1 cm³/mol. The van der Waals surface area contributed by atoms with Crippen LogP contribution in [0.1, 0.15) is 29.2 Å². The maximum Gasteiger partial charge on any atom is 0.132 e. The van der Waals surface area contributed by atoms with Crippen LogP contribution in [-0.4, -0.2) is 12.4 Å². The zero-order valence-electron chi connectivity index (χ0n) is 11.7. The normalized spacial score (nSPS) is 11.6. The molecule has 0 heterocycles. The Morgan fingerprint density at radius 2 is 1.70 bits per heavy atom. The summed E-state index contributed by atoms with van der Waals surface area (Å²) in [5.41, 5.74) is 3.59. The maximum atomic E-state index is 13.5. The third-order valence-electron chi connectivity index (χ3n) is 3.01. The van der Waals surface area contributed by atoms with E-state index in [0.717, 1.165) is 17.5 Å². The fourth-order valence-electron chi connectivity index (χ4n) is 1.77. The molecule has 0 unspecified atom stereocenters. The van der Waals surface area contributed by atoms with Gasteiger partial charge >= 0.3 is 0 Å². The average molecular weight is 268 g/mol. The van der Waals surface area contributed by atoms with Gasteiger partial charge in [-0.2, -0.15) is 10.2 Å². The Labute approximate surface area is 118 Å². The monoisotopic (exact) mass is 268 g/mol. The van der Waals surface area contributed by atoms with E-state index in [-0.39, 0.29) is 5.82 Å². The lowest BCUT2D eigenvalue weighted by Gasteiger charge is -1.97. The molecule has 2 nitrogen and oxygen atoms in total. The van der Waals surface area contributed by atoms with Crippen LogP contribution in [0, 0.1) is 12.7 Å². The molecular formula is C17H17FN2. The van der Waals surface area contributed by atoms with E-state index in [1.807, 2.05) is 25.1 Å². The van der Waals surface area contributed by atoms with E-state index < -0.39 is 0 Å². The molecule has 0 spiro atoms. The van der Waals surface area contributed by atoms with Crippen molar-refractivity contribution in [2.45, 2.75) is 20.3 Å². The first-order valence-corrected chi connectivity index (χ1v) is 6.60. The zero-order valence-corrected chi connectivity index (χ0v) is 11.7. The predicted octanol–water partition coefficient (Wildman–Crippen LogP) is 4.15. The summed E-state index contributed by atoms with van der Waals surface area (Å²) in [4.78, 5) is 0. The molecule has 0 aromatic heterocycles. The number of nitrogens with zero attached hydrogens (tertiary/aromatic N) is 2. The molecule has 0 saturated carbocycles. The summed E-state index contributed by atoms with van der Waals surface area (Å²) in [6.07, 6.45) is 4.09. The van der Waals surface area contributed by atoms with Crippen LogP contribution in [0.3, 0.4) is 0 Å². The van der Waals surface area contributed by atoms with Gasteiger partial charge in [0.1, 0.15) is 5.82 Å². The average Bonchev–Trinajstić information content (AvgIpc) is 2.46. The molecule has 0 saturated heterocycles. The second kappa shape index (κ2) is 6.75. The Hall–Kier alpha value is -2.29. The van der Waals surface area contributed by atoms with Crippen molar-refractivity contribution in [3.63, 3.8) is 0 Å². The van der Waals surface area contributed by atoms with Crippen LogP contribution < -0.4 is 0 Å². The van der Waals surface area contributed by atoms with E-state index in [4.69, 9.17) is 0 Å². The van der Waals surface area contributed by atoms with Crippen molar-refractivity contribution in [1.82, 2.24) is 0 Å². The molecule has 0 N–H and O–H groups in total. The fourth-order valence-corrected chi connectivity index (χ4v) is 1.77. The number of halogens is 1. The minimum atomic E-state index is -0.281. The second-order valence-corrected chi connectivity index (χ2v) is 4.61. The van der Waals surface area contributed by atoms with Crippen LogP contribution in [0.25, 0.3) is 0 Å². The first kappa shape index (κ1) is 14.1. The van der Waals surface area contributed by atoms with Crippen molar-refractivity contribution in [3.8, 4) is 0 Å². The molecule has 0 radical (unpaired) electrons. The van der Waals surface area contributed by atoms with Gasteiger partial charge in [-0.1, -0.05) is 43.3 Å². The van der Waals surface area contributed by atoms with E-state index >= 15 is 0 Å². The summed E-state index contributed by atoms with van der Waals surface area (Å²) in [6, 6.07) is 13.1. The van der Waals surface area contributed by atoms with E-state index in [0.29, 0.717) is 5.56 Å². The van der Waals surface area contributed by atoms with Crippen molar-refractivity contribution in [2.24, 2.45) is 10.2 Å². The van der Waals surface area contributed by atoms with Crippen molar-refractivity contribution >= 4 is 12.4 Å². The Morgan fingerprint density at radius 3 is 2.35 bits per heavy atom. The van der Waals surface area contributed by atoms with E-state index in [1.165, 1.54) is 17.8 Å². The highest BCUT2D eigenvalue weighted by Crippen LogP contribution is 2.07. The third-order valence-corrected chi connectivity index (χ3v) is 3.01. The summed E-state index contributed by atoms with van der Waals surface area (Å²) in [6.45, 7) is 3.96. The van der Waals surface area contributed by atoms with E-state index in [9.17, 15) is 4.39 Å². The standard InChI is InChI=1S/C17H17FN2/c1-3-14-5-7-15(8-6-14)11-19-20-12-16-9-4-13(2)10-17(16)18/h4-12H,3H2,1-2H3/b19-11+,20-12+. The van der Waals surface area contributed by atoms with Gasteiger partial charge in [0, 0.05) is 5.56 Å². The van der Waals surface area contributed by atoms with Crippen LogP contribution >= 0.6 is 0 Å². The molecule has 0 amide bonds. The van der Waals surface area contributed by atoms with Gasteiger partial charge in [-0.3, -0.25) is 0 Å². The molecule has 2 aromatic carbocycles.